The summed E-state index contributed by atoms with van der Waals surface area (Å²) in [5.41, 5.74) is 2.57. The first kappa shape index (κ1) is 24.9. The molecule has 0 aliphatic heterocycles. The fraction of sp³-hybridized carbons (Fsp3) is 0.208. The van der Waals surface area contributed by atoms with E-state index >= 15 is 0 Å². The number of rotatable bonds is 6. The Hall–Kier alpha value is -3.24. The number of aromatic nitrogens is 2. The number of para-hydroxylation sites is 1. The van der Waals surface area contributed by atoms with Crippen LogP contribution in [0, 0.1) is 0 Å². The number of benzene rings is 3. The summed E-state index contributed by atoms with van der Waals surface area (Å²) in [6.07, 6.45) is -4.83. The summed E-state index contributed by atoms with van der Waals surface area (Å²) in [6, 6.07) is 18.9. The van der Waals surface area contributed by atoms with E-state index in [1.165, 1.54) is 12.1 Å². The fourth-order valence-corrected chi connectivity index (χ4v) is 5.05. The molecule has 184 valence electrons. The molecule has 6 nitrogen and oxygen atoms in total. The molecule has 0 saturated carbocycles. The van der Waals surface area contributed by atoms with Crippen LogP contribution in [0.4, 0.5) is 13.2 Å². The maximum atomic E-state index is 13.2. The Morgan fingerprint density at radius 1 is 0.971 bits per heavy atom. The predicted molar refractivity (Wildman–Crippen MR) is 128 cm³/mol. The van der Waals surface area contributed by atoms with Crippen molar-refractivity contribution in [3.8, 4) is 11.4 Å². The Bertz CT molecular complexity index is 1530. The van der Waals surface area contributed by atoms with Crippen LogP contribution in [-0.2, 0) is 15.8 Å². The summed E-state index contributed by atoms with van der Waals surface area (Å²) in [5.74, 6) is -0.941. The molecule has 0 radical (unpaired) electrons. The van der Waals surface area contributed by atoms with Crippen molar-refractivity contribution < 1.29 is 26.3 Å². The molecule has 0 N–H and O–H groups in total. The summed E-state index contributed by atoms with van der Waals surface area (Å²) in [6.45, 7) is 3.82. The van der Waals surface area contributed by atoms with Crippen molar-refractivity contribution in [1.82, 2.24) is 9.13 Å². The number of imidazole rings is 1. The molecule has 3 aromatic carbocycles. The van der Waals surface area contributed by atoms with Gasteiger partial charge in [-0.1, -0.05) is 41.9 Å². The molecule has 1 heterocycles. The maximum absolute atomic E-state index is 13.2. The zero-order chi connectivity index (χ0) is 25.4. The Morgan fingerprint density at radius 2 is 1.63 bits per heavy atom. The quantitative estimate of drug-likeness (QED) is 0.311. The molecule has 11 heteroatoms. The molecule has 0 unspecified atom stereocenters. The van der Waals surface area contributed by atoms with Crippen molar-refractivity contribution in [2.75, 3.05) is 0 Å². The Labute approximate surface area is 204 Å². The number of alkyl halides is 3. The fourth-order valence-electron chi connectivity index (χ4n) is 3.78. The predicted octanol–water partition coefficient (Wildman–Crippen LogP) is 6.00. The lowest BCUT2D eigenvalue weighted by Gasteiger charge is -2.10. The third-order valence-electron chi connectivity index (χ3n) is 5.11. The van der Waals surface area contributed by atoms with Crippen LogP contribution >= 0.6 is 11.6 Å². The molecule has 4 aromatic rings. The van der Waals surface area contributed by atoms with Gasteiger partial charge in [-0.05, 0) is 61.9 Å². The van der Waals surface area contributed by atoms with Gasteiger partial charge in [-0.25, -0.2) is 8.42 Å². The smallest absolute Gasteiger partial charge is 0.406 e. The molecule has 0 fully saturated rings. The van der Waals surface area contributed by atoms with E-state index in [0.29, 0.717) is 16.2 Å². The molecule has 0 saturated heterocycles. The van der Waals surface area contributed by atoms with Crippen LogP contribution in [0.15, 0.2) is 77.2 Å². The van der Waals surface area contributed by atoms with Gasteiger partial charge in [0.25, 0.3) is 10.0 Å². The van der Waals surface area contributed by atoms with Crippen molar-refractivity contribution in [1.29, 1.82) is 0 Å². The molecule has 4 rings (SSSR count). The van der Waals surface area contributed by atoms with Gasteiger partial charge in [-0.2, -0.15) is 0 Å². The molecule has 0 amide bonds. The van der Waals surface area contributed by atoms with E-state index in [1.807, 2.05) is 50.2 Å². The summed E-state index contributed by atoms with van der Waals surface area (Å²) in [4.78, 5) is 0. The topological polar surface area (TPSA) is 65.6 Å². The normalized spacial score (nSPS) is 13.1. The van der Waals surface area contributed by atoms with Crippen LogP contribution in [0.5, 0.6) is 5.75 Å². The van der Waals surface area contributed by atoms with Crippen LogP contribution in [-0.4, -0.2) is 23.9 Å². The highest BCUT2D eigenvalue weighted by atomic mass is 35.5. The molecule has 1 aromatic heterocycles. The van der Waals surface area contributed by atoms with Gasteiger partial charge in [0, 0.05) is 16.8 Å². The van der Waals surface area contributed by atoms with Gasteiger partial charge >= 0.3 is 6.36 Å². The first-order valence-electron chi connectivity index (χ1n) is 10.5. The van der Waals surface area contributed by atoms with Gasteiger partial charge in [-0.3, -0.25) is 4.57 Å². The van der Waals surface area contributed by atoms with Crippen LogP contribution in [0.2, 0.25) is 5.02 Å². The van der Waals surface area contributed by atoms with Gasteiger partial charge < -0.3 is 9.30 Å². The SMILES string of the molecule is CC(C)n1/c(=N/S(=O)(=O)Cc2ccc(OC(F)(F)F)cc2)n(-c2ccccc2)c2cc(Cl)ccc21. The van der Waals surface area contributed by atoms with Gasteiger partial charge in [0.2, 0.25) is 5.62 Å². The summed E-state index contributed by atoms with van der Waals surface area (Å²) in [7, 11) is -4.09. The minimum absolute atomic E-state index is 0.142. The second kappa shape index (κ2) is 9.43. The monoisotopic (exact) mass is 523 g/mol. The third-order valence-corrected chi connectivity index (χ3v) is 6.49. The molecular weight excluding hydrogens is 503 g/mol. The molecule has 0 aliphatic carbocycles. The van der Waals surface area contributed by atoms with Crippen molar-refractivity contribution in [2.24, 2.45) is 4.40 Å². The molecular formula is C24H21ClF3N3O3S. The number of ether oxygens (including phenoxy) is 1. The first-order valence-corrected chi connectivity index (χ1v) is 12.5. The highest BCUT2D eigenvalue weighted by Crippen LogP contribution is 2.25. The van der Waals surface area contributed by atoms with Crippen molar-refractivity contribution in [3.63, 3.8) is 0 Å². The molecule has 0 atom stereocenters. The van der Waals surface area contributed by atoms with Crippen LogP contribution in [0.3, 0.4) is 0 Å². The maximum Gasteiger partial charge on any atom is 0.573 e. The van der Waals surface area contributed by atoms with Gasteiger partial charge in [0.1, 0.15) is 5.75 Å². The van der Waals surface area contributed by atoms with Crippen LogP contribution in [0.25, 0.3) is 16.7 Å². The minimum atomic E-state index is -4.83. The van der Waals surface area contributed by atoms with E-state index in [4.69, 9.17) is 11.6 Å². The lowest BCUT2D eigenvalue weighted by molar-refractivity contribution is -0.274. The number of hydrogen-bond donors (Lipinski definition) is 0. The van der Waals surface area contributed by atoms with E-state index in [1.54, 1.807) is 21.3 Å². The first-order chi connectivity index (χ1) is 16.4. The highest BCUT2D eigenvalue weighted by molar-refractivity contribution is 7.89. The van der Waals surface area contributed by atoms with Crippen molar-refractivity contribution in [2.45, 2.75) is 32.0 Å². The minimum Gasteiger partial charge on any atom is -0.406 e. The highest BCUT2D eigenvalue weighted by Gasteiger charge is 2.31. The standard InChI is InChI=1S/C24H21ClF3N3O3S/c1-16(2)30-21-13-10-18(25)14-22(21)31(19-6-4-3-5-7-19)23(30)29-35(32,33)15-17-8-11-20(12-9-17)34-24(26,27)28/h3-14,16H,15H2,1-2H3/b29-23-. The van der Waals surface area contributed by atoms with Gasteiger partial charge in [-0.15, -0.1) is 17.6 Å². The summed E-state index contributed by atoms with van der Waals surface area (Å²) < 4.78 is 75.1. The molecule has 0 aliphatic rings. The number of fused-ring (bicyclic) bond motifs is 1. The zero-order valence-electron chi connectivity index (χ0n) is 18.7. The average molecular weight is 524 g/mol. The van der Waals surface area contributed by atoms with E-state index in [2.05, 4.69) is 9.13 Å². The van der Waals surface area contributed by atoms with Crippen LogP contribution in [0.1, 0.15) is 25.5 Å². The van der Waals surface area contributed by atoms with Crippen LogP contribution < -0.4 is 10.4 Å². The van der Waals surface area contributed by atoms with E-state index < -0.39 is 27.9 Å². The van der Waals surface area contributed by atoms with E-state index in [-0.39, 0.29) is 17.2 Å². The summed E-state index contributed by atoms with van der Waals surface area (Å²) >= 11 is 6.26. The summed E-state index contributed by atoms with van der Waals surface area (Å²) in [5, 5.41) is 0.485. The average Bonchev–Trinajstić information content (AvgIpc) is 3.06. The number of halogens is 4. The zero-order valence-corrected chi connectivity index (χ0v) is 20.3. The number of nitrogens with zero attached hydrogens (tertiary/aromatic N) is 3. The lowest BCUT2D eigenvalue weighted by atomic mass is 10.2. The van der Waals surface area contributed by atoms with E-state index in [0.717, 1.165) is 17.6 Å². The number of sulfonamides is 1. The molecule has 0 bridgehead atoms. The molecule has 35 heavy (non-hydrogen) atoms. The largest absolute Gasteiger partial charge is 0.573 e. The lowest BCUT2D eigenvalue weighted by Crippen LogP contribution is -2.28. The Balaban J connectivity index is 1.86. The number of hydrogen-bond acceptors (Lipinski definition) is 3. The van der Waals surface area contributed by atoms with Crippen molar-refractivity contribution in [3.05, 3.63) is 89.0 Å². The Kier molecular flexibility index (Phi) is 6.70. The van der Waals surface area contributed by atoms with Gasteiger partial charge in [0.15, 0.2) is 0 Å². The van der Waals surface area contributed by atoms with Gasteiger partial charge in [0.05, 0.1) is 16.8 Å². The third kappa shape index (κ3) is 5.71. The molecule has 0 spiro atoms. The Morgan fingerprint density at radius 3 is 2.23 bits per heavy atom. The second-order valence-electron chi connectivity index (χ2n) is 8.08. The van der Waals surface area contributed by atoms with Crippen molar-refractivity contribution >= 4 is 32.7 Å². The second-order valence-corrected chi connectivity index (χ2v) is 10.1. The van der Waals surface area contributed by atoms with E-state index in [9.17, 15) is 21.6 Å².